The molecular formula is C23H30N4O. The van der Waals surface area contributed by atoms with Crippen LogP contribution in [-0.2, 0) is 7.05 Å². The third kappa shape index (κ3) is 3.88. The lowest BCUT2D eigenvalue weighted by Crippen LogP contribution is -2.34. The van der Waals surface area contributed by atoms with Crippen LogP contribution in [0.5, 0.6) is 0 Å². The summed E-state index contributed by atoms with van der Waals surface area (Å²) in [6.07, 6.45) is 3.87. The van der Waals surface area contributed by atoms with Crippen LogP contribution >= 0.6 is 0 Å². The molecule has 1 amide bonds. The van der Waals surface area contributed by atoms with Crippen LogP contribution in [0, 0.1) is 13.8 Å². The summed E-state index contributed by atoms with van der Waals surface area (Å²) in [5, 5.41) is 4.86. The maximum atomic E-state index is 13.4. The molecular weight excluding hydrogens is 348 g/mol. The summed E-state index contributed by atoms with van der Waals surface area (Å²) in [6.45, 7) is 9.84. The summed E-state index contributed by atoms with van der Waals surface area (Å²) < 4.78 is 3.85. The highest BCUT2D eigenvalue weighted by Crippen LogP contribution is 2.25. The largest absolute Gasteiger partial charge is 0.349 e. The SMILES string of the molecule is CCCN(CCC)C(=O)c1cc(-c2cccn2C)nn1-c1cc(C)ccc1C. The number of aryl methyl sites for hydroxylation is 3. The van der Waals surface area contributed by atoms with Gasteiger partial charge in [-0.1, -0.05) is 26.0 Å². The number of carbonyl (C=O) groups excluding carboxylic acids is 1. The van der Waals surface area contributed by atoms with Gasteiger partial charge in [-0.25, -0.2) is 4.68 Å². The molecule has 0 N–H and O–H groups in total. The summed E-state index contributed by atoms with van der Waals surface area (Å²) in [6, 6.07) is 12.2. The Kier molecular flexibility index (Phi) is 6.02. The van der Waals surface area contributed by atoms with E-state index in [2.05, 4.69) is 45.9 Å². The van der Waals surface area contributed by atoms with Gasteiger partial charge in [0.05, 0.1) is 11.4 Å². The number of nitrogens with zero attached hydrogens (tertiary/aromatic N) is 4. The van der Waals surface area contributed by atoms with Crippen molar-refractivity contribution in [2.24, 2.45) is 7.05 Å². The Hall–Kier alpha value is -2.82. The van der Waals surface area contributed by atoms with Crippen molar-refractivity contribution in [3.8, 4) is 17.1 Å². The lowest BCUT2D eigenvalue weighted by molar-refractivity contribution is 0.0746. The Labute approximate surface area is 167 Å². The van der Waals surface area contributed by atoms with Crippen molar-refractivity contribution in [1.29, 1.82) is 0 Å². The first-order chi connectivity index (χ1) is 13.5. The fraction of sp³-hybridized carbons (Fsp3) is 0.391. The van der Waals surface area contributed by atoms with Crippen molar-refractivity contribution in [2.45, 2.75) is 40.5 Å². The van der Waals surface area contributed by atoms with E-state index in [1.54, 1.807) is 0 Å². The minimum atomic E-state index is 0.0394. The van der Waals surface area contributed by atoms with E-state index in [1.165, 1.54) is 0 Å². The van der Waals surface area contributed by atoms with Crippen LogP contribution in [0.15, 0.2) is 42.6 Å². The lowest BCUT2D eigenvalue weighted by Gasteiger charge is -2.22. The molecule has 0 radical (unpaired) electrons. The van der Waals surface area contributed by atoms with Gasteiger partial charge in [0.15, 0.2) is 0 Å². The van der Waals surface area contributed by atoms with Crippen LogP contribution in [0.4, 0.5) is 0 Å². The highest BCUT2D eigenvalue weighted by Gasteiger charge is 2.23. The number of aromatic nitrogens is 3. The summed E-state index contributed by atoms with van der Waals surface area (Å²) >= 11 is 0. The maximum Gasteiger partial charge on any atom is 0.272 e. The van der Waals surface area contributed by atoms with Gasteiger partial charge in [0, 0.05) is 26.3 Å². The van der Waals surface area contributed by atoms with Crippen molar-refractivity contribution >= 4 is 5.91 Å². The van der Waals surface area contributed by atoms with E-state index in [1.807, 2.05) is 45.6 Å². The first-order valence-electron chi connectivity index (χ1n) is 10.0. The topological polar surface area (TPSA) is 43.1 Å². The van der Waals surface area contributed by atoms with E-state index >= 15 is 0 Å². The van der Waals surface area contributed by atoms with E-state index in [0.717, 1.165) is 54.1 Å². The monoisotopic (exact) mass is 378 g/mol. The molecule has 28 heavy (non-hydrogen) atoms. The summed E-state index contributed by atoms with van der Waals surface area (Å²) in [5.74, 6) is 0.0394. The van der Waals surface area contributed by atoms with Gasteiger partial charge in [-0.3, -0.25) is 4.79 Å². The molecule has 0 aliphatic rings. The number of amides is 1. The Morgan fingerprint density at radius 3 is 2.39 bits per heavy atom. The van der Waals surface area contributed by atoms with Crippen molar-refractivity contribution in [3.63, 3.8) is 0 Å². The number of rotatable bonds is 7. The summed E-state index contributed by atoms with van der Waals surface area (Å²) in [7, 11) is 1.99. The predicted octanol–water partition coefficient (Wildman–Crippen LogP) is 4.76. The molecule has 0 spiro atoms. The van der Waals surface area contributed by atoms with Crippen molar-refractivity contribution < 1.29 is 4.79 Å². The van der Waals surface area contributed by atoms with E-state index in [4.69, 9.17) is 5.10 Å². The zero-order valence-corrected chi connectivity index (χ0v) is 17.6. The molecule has 0 aliphatic carbocycles. The number of hydrogen-bond acceptors (Lipinski definition) is 2. The van der Waals surface area contributed by atoms with Crippen LogP contribution in [0.1, 0.15) is 48.3 Å². The number of carbonyl (C=O) groups is 1. The standard InChI is InChI=1S/C23H30N4O/c1-6-12-26(13-7-2)23(28)22-16-19(20-9-8-14-25(20)5)24-27(22)21-15-17(3)10-11-18(21)4/h8-11,14-16H,6-7,12-13H2,1-5H3. The Morgan fingerprint density at radius 2 is 1.79 bits per heavy atom. The normalized spacial score (nSPS) is 11.0. The first kappa shape index (κ1) is 19.9. The van der Waals surface area contributed by atoms with Crippen LogP contribution < -0.4 is 0 Å². The van der Waals surface area contributed by atoms with Crippen LogP contribution in [0.3, 0.4) is 0 Å². The van der Waals surface area contributed by atoms with Gasteiger partial charge < -0.3 is 9.47 Å². The van der Waals surface area contributed by atoms with Gasteiger partial charge >= 0.3 is 0 Å². The van der Waals surface area contributed by atoms with Gasteiger partial charge in [-0.15, -0.1) is 0 Å². The van der Waals surface area contributed by atoms with Gasteiger partial charge in [0.1, 0.15) is 11.4 Å². The zero-order chi connectivity index (χ0) is 20.3. The maximum absolute atomic E-state index is 13.4. The van der Waals surface area contributed by atoms with Crippen molar-refractivity contribution in [1.82, 2.24) is 19.2 Å². The quantitative estimate of drug-likeness (QED) is 0.595. The molecule has 0 aliphatic heterocycles. The molecule has 2 heterocycles. The molecule has 0 unspecified atom stereocenters. The lowest BCUT2D eigenvalue weighted by atomic mass is 10.1. The smallest absolute Gasteiger partial charge is 0.272 e. The average Bonchev–Trinajstić information content (AvgIpc) is 3.29. The van der Waals surface area contributed by atoms with Crippen LogP contribution in [0.2, 0.25) is 0 Å². The molecule has 3 rings (SSSR count). The predicted molar refractivity (Wildman–Crippen MR) is 114 cm³/mol. The average molecular weight is 379 g/mol. The highest BCUT2D eigenvalue weighted by atomic mass is 16.2. The molecule has 0 bridgehead atoms. The molecule has 3 aromatic rings. The van der Waals surface area contributed by atoms with E-state index < -0.39 is 0 Å². The second-order valence-corrected chi connectivity index (χ2v) is 7.41. The molecule has 0 saturated carbocycles. The second-order valence-electron chi connectivity index (χ2n) is 7.41. The highest BCUT2D eigenvalue weighted by molar-refractivity contribution is 5.94. The van der Waals surface area contributed by atoms with Gasteiger partial charge in [-0.05, 0) is 62.1 Å². The molecule has 5 heteroatoms. The zero-order valence-electron chi connectivity index (χ0n) is 17.6. The number of benzene rings is 1. The Balaban J connectivity index is 2.16. The van der Waals surface area contributed by atoms with Gasteiger partial charge in [0.25, 0.3) is 5.91 Å². The van der Waals surface area contributed by atoms with E-state index in [9.17, 15) is 4.79 Å². The third-order valence-corrected chi connectivity index (χ3v) is 5.00. The first-order valence-corrected chi connectivity index (χ1v) is 10.0. The fourth-order valence-corrected chi connectivity index (χ4v) is 3.53. The summed E-state index contributed by atoms with van der Waals surface area (Å²) in [5.41, 5.74) is 5.62. The molecule has 0 saturated heterocycles. The van der Waals surface area contributed by atoms with Gasteiger partial charge in [0.2, 0.25) is 0 Å². The molecule has 1 aromatic carbocycles. The van der Waals surface area contributed by atoms with Crippen molar-refractivity contribution in [2.75, 3.05) is 13.1 Å². The molecule has 0 atom stereocenters. The molecule has 0 fully saturated rings. The van der Waals surface area contributed by atoms with Crippen molar-refractivity contribution in [3.05, 3.63) is 59.4 Å². The minimum absolute atomic E-state index is 0.0394. The van der Waals surface area contributed by atoms with Crippen LogP contribution in [0.25, 0.3) is 17.1 Å². The second kappa shape index (κ2) is 8.46. The molecule has 5 nitrogen and oxygen atoms in total. The van der Waals surface area contributed by atoms with Gasteiger partial charge in [-0.2, -0.15) is 5.10 Å². The van der Waals surface area contributed by atoms with E-state index in [0.29, 0.717) is 5.69 Å². The molecule has 2 aromatic heterocycles. The fourth-order valence-electron chi connectivity index (χ4n) is 3.53. The third-order valence-electron chi connectivity index (χ3n) is 5.00. The minimum Gasteiger partial charge on any atom is -0.349 e. The Morgan fingerprint density at radius 1 is 1.07 bits per heavy atom. The van der Waals surface area contributed by atoms with Crippen LogP contribution in [-0.4, -0.2) is 38.2 Å². The van der Waals surface area contributed by atoms with E-state index in [-0.39, 0.29) is 5.91 Å². The number of hydrogen-bond donors (Lipinski definition) is 0. The molecule has 148 valence electrons. The Bertz CT molecular complexity index is 961. The summed E-state index contributed by atoms with van der Waals surface area (Å²) in [4.78, 5) is 15.4.